The molecule has 1 saturated heterocycles. The van der Waals surface area contributed by atoms with Gasteiger partial charge in [0.15, 0.2) is 0 Å². The zero-order chi connectivity index (χ0) is 14.2. The molecule has 1 aliphatic heterocycles. The Labute approximate surface area is 112 Å². The first kappa shape index (κ1) is 13.8. The molecular formula is C12H21N5O2. The molecule has 7 nitrogen and oxygen atoms in total. The van der Waals surface area contributed by atoms with Gasteiger partial charge in [-0.15, -0.1) is 0 Å². The standard InChI is InChI=1S/C12H21N5O2/c1-4-16-9(2)14-10(17(18)19)11(16)15-6-5-12(3,7-13)8-15/h4-8,13H2,1-3H3. The lowest BCUT2D eigenvalue weighted by Gasteiger charge is -2.23. The Bertz CT molecular complexity index is 499. The summed E-state index contributed by atoms with van der Waals surface area (Å²) in [5, 5.41) is 11.2. The number of aryl methyl sites for hydroxylation is 1. The predicted molar refractivity (Wildman–Crippen MR) is 73.3 cm³/mol. The topological polar surface area (TPSA) is 90.2 Å². The summed E-state index contributed by atoms with van der Waals surface area (Å²) in [4.78, 5) is 16.9. The first-order valence-corrected chi connectivity index (χ1v) is 6.58. The van der Waals surface area contributed by atoms with Crippen LogP contribution in [0.4, 0.5) is 11.6 Å². The summed E-state index contributed by atoms with van der Waals surface area (Å²) in [5.41, 5.74) is 5.83. The number of imidazole rings is 1. The maximum Gasteiger partial charge on any atom is 0.406 e. The molecule has 2 heterocycles. The van der Waals surface area contributed by atoms with E-state index in [0.29, 0.717) is 24.7 Å². The minimum Gasteiger partial charge on any atom is -0.358 e. The molecule has 1 unspecified atom stereocenters. The van der Waals surface area contributed by atoms with Crippen molar-refractivity contribution in [3.05, 3.63) is 15.9 Å². The monoisotopic (exact) mass is 267 g/mol. The highest BCUT2D eigenvalue weighted by Gasteiger charge is 2.38. The van der Waals surface area contributed by atoms with Crippen LogP contribution in [0.25, 0.3) is 0 Å². The fraction of sp³-hybridized carbons (Fsp3) is 0.750. The third kappa shape index (κ3) is 2.30. The van der Waals surface area contributed by atoms with Gasteiger partial charge in [-0.3, -0.25) is 4.57 Å². The van der Waals surface area contributed by atoms with Crippen LogP contribution < -0.4 is 10.6 Å². The Hall–Kier alpha value is -1.63. The number of aromatic nitrogens is 2. The second kappa shape index (κ2) is 4.80. The first-order valence-electron chi connectivity index (χ1n) is 6.58. The third-order valence-electron chi connectivity index (χ3n) is 3.95. The van der Waals surface area contributed by atoms with Gasteiger partial charge in [-0.25, -0.2) is 0 Å². The van der Waals surface area contributed by atoms with Gasteiger partial charge in [0.05, 0.1) is 0 Å². The van der Waals surface area contributed by atoms with Crippen molar-refractivity contribution in [3.63, 3.8) is 0 Å². The van der Waals surface area contributed by atoms with Crippen LogP contribution in [-0.4, -0.2) is 34.1 Å². The molecule has 0 bridgehead atoms. The molecule has 1 atom stereocenters. The van der Waals surface area contributed by atoms with E-state index < -0.39 is 4.92 Å². The summed E-state index contributed by atoms with van der Waals surface area (Å²) < 4.78 is 1.90. The summed E-state index contributed by atoms with van der Waals surface area (Å²) in [7, 11) is 0. The Balaban J connectivity index is 2.42. The fourth-order valence-electron chi connectivity index (χ4n) is 2.72. The van der Waals surface area contributed by atoms with E-state index in [0.717, 1.165) is 19.5 Å². The van der Waals surface area contributed by atoms with Crippen LogP contribution in [-0.2, 0) is 6.54 Å². The van der Waals surface area contributed by atoms with Crippen molar-refractivity contribution in [2.75, 3.05) is 24.5 Å². The van der Waals surface area contributed by atoms with Gasteiger partial charge in [0.25, 0.3) is 0 Å². The van der Waals surface area contributed by atoms with E-state index in [1.165, 1.54) is 0 Å². The summed E-state index contributed by atoms with van der Waals surface area (Å²) >= 11 is 0. The van der Waals surface area contributed by atoms with E-state index in [2.05, 4.69) is 16.8 Å². The highest BCUT2D eigenvalue weighted by atomic mass is 16.6. The number of hydrogen-bond acceptors (Lipinski definition) is 5. The number of nitrogens with two attached hydrogens (primary N) is 1. The molecule has 0 radical (unpaired) electrons. The average Bonchev–Trinajstić information content (AvgIpc) is 2.90. The summed E-state index contributed by atoms with van der Waals surface area (Å²) in [6.07, 6.45) is 0.953. The highest BCUT2D eigenvalue weighted by Crippen LogP contribution is 2.37. The second-order valence-electron chi connectivity index (χ2n) is 5.49. The molecule has 0 amide bonds. The zero-order valence-electron chi connectivity index (χ0n) is 11.7. The van der Waals surface area contributed by atoms with Crippen LogP contribution in [0.1, 0.15) is 26.1 Å². The van der Waals surface area contributed by atoms with E-state index in [4.69, 9.17) is 5.73 Å². The third-order valence-corrected chi connectivity index (χ3v) is 3.95. The Morgan fingerprint density at radius 2 is 2.26 bits per heavy atom. The largest absolute Gasteiger partial charge is 0.406 e. The van der Waals surface area contributed by atoms with Gasteiger partial charge in [-0.05, 0) is 35.2 Å². The molecule has 0 spiro atoms. The van der Waals surface area contributed by atoms with Crippen molar-refractivity contribution >= 4 is 11.6 Å². The molecule has 0 aromatic carbocycles. The summed E-state index contributed by atoms with van der Waals surface area (Å²) in [5.74, 6) is 1.27. The van der Waals surface area contributed by atoms with Crippen LogP contribution in [0.2, 0.25) is 0 Å². The van der Waals surface area contributed by atoms with E-state index in [1.807, 2.05) is 11.5 Å². The van der Waals surface area contributed by atoms with Gasteiger partial charge in [0, 0.05) is 26.6 Å². The molecule has 0 aliphatic carbocycles. The molecule has 106 valence electrons. The molecular weight excluding hydrogens is 246 g/mol. The smallest absolute Gasteiger partial charge is 0.358 e. The summed E-state index contributed by atoms with van der Waals surface area (Å²) in [6, 6.07) is 0. The Morgan fingerprint density at radius 3 is 2.74 bits per heavy atom. The number of nitro groups is 1. The van der Waals surface area contributed by atoms with Crippen molar-refractivity contribution in [3.8, 4) is 0 Å². The molecule has 7 heteroatoms. The van der Waals surface area contributed by atoms with E-state index in [9.17, 15) is 10.1 Å². The van der Waals surface area contributed by atoms with Crippen molar-refractivity contribution in [1.82, 2.24) is 9.55 Å². The number of rotatable bonds is 4. The summed E-state index contributed by atoms with van der Waals surface area (Å²) in [6.45, 7) is 8.71. The lowest BCUT2D eigenvalue weighted by atomic mass is 9.90. The van der Waals surface area contributed by atoms with Gasteiger partial charge >= 0.3 is 5.82 Å². The Morgan fingerprint density at radius 1 is 1.58 bits per heavy atom. The van der Waals surface area contributed by atoms with Crippen LogP contribution in [0.3, 0.4) is 0 Å². The van der Waals surface area contributed by atoms with Crippen LogP contribution in [0, 0.1) is 22.5 Å². The molecule has 1 fully saturated rings. The van der Waals surface area contributed by atoms with Gasteiger partial charge in [0.2, 0.25) is 11.6 Å². The molecule has 2 N–H and O–H groups in total. The normalized spacial score (nSPS) is 23.1. The lowest BCUT2D eigenvalue weighted by molar-refractivity contribution is -0.388. The molecule has 1 aromatic rings. The first-order chi connectivity index (χ1) is 8.91. The van der Waals surface area contributed by atoms with Gasteiger partial charge in [0.1, 0.15) is 0 Å². The van der Waals surface area contributed by atoms with E-state index >= 15 is 0 Å². The van der Waals surface area contributed by atoms with Crippen LogP contribution >= 0.6 is 0 Å². The number of anilines is 1. The van der Waals surface area contributed by atoms with E-state index in [-0.39, 0.29) is 11.2 Å². The molecule has 1 aromatic heterocycles. The van der Waals surface area contributed by atoms with Gasteiger partial charge < -0.3 is 20.7 Å². The van der Waals surface area contributed by atoms with Crippen LogP contribution in [0.5, 0.6) is 0 Å². The number of hydrogen-bond donors (Lipinski definition) is 1. The maximum atomic E-state index is 11.2. The minimum absolute atomic E-state index is 0.0324. The lowest BCUT2D eigenvalue weighted by Crippen LogP contribution is -2.32. The molecule has 1 aliphatic rings. The SMILES string of the molecule is CCn1c(C)nc([N+](=O)[O-])c1N1CCC(C)(CN)C1. The average molecular weight is 267 g/mol. The van der Waals surface area contributed by atoms with Crippen molar-refractivity contribution in [2.24, 2.45) is 11.1 Å². The zero-order valence-corrected chi connectivity index (χ0v) is 11.7. The fourth-order valence-corrected chi connectivity index (χ4v) is 2.72. The second-order valence-corrected chi connectivity index (χ2v) is 5.49. The molecule has 19 heavy (non-hydrogen) atoms. The van der Waals surface area contributed by atoms with Gasteiger partial charge in [-0.1, -0.05) is 6.92 Å². The quantitative estimate of drug-likeness (QED) is 0.656. The molecule has 0 saturated carbocycles. The number of nitrogens with zero attached hydrogens (tertiary/aromatic N) is 4. The Kier molecular flexibility index (Phi) is 3.49. The minimum atomic E-state index is -0.396. The predicted octanol–water partition coefficient (Wildman–Crippen LogP) is 1.29. The van der Waals surface area contributed by atoms with Gasteiger partial charge in [-0.2, -0.15) is 0 Å². The highest BCUT2D eigenvalue weighted by molar-refractivity contribution is 5.57. The van der Waals surface area contributed by atoms with Crippen molar-refractivity contribution in [1.29, 1.82) is 0 Å². The van der Waals surface area contributed by atoms with Crippen molar-refractivity contribution in [2.45, 2.75) is 33.7 Å². The van der Waals surface area contributed by atoms with E-state index in [1.54, 1.807) is 6.92 Å². The van der Waals surface area contributed by atoms with Crippen molar-refractivity contribution < 1.29 is 4.92 Å². The molecule has 2 rings (SSSR count). The maximum absolute atomic E-state index is 11.2. The van der Waals surface area contributed by atoms with Crippen LogP contribution in [0.15, 0.2) is 0 Å².